The van der Waals surface area contributed by atoms with E-state index in [-0.39, 0.29) is 29.7 Å². The van der Waals surface area contributed by atoms with Crippen LogP contribution in [0.15, 0.2) is 0 Å². The Kier molecular flexibility index (Phi) is 4.60. The van der Waals surface area contributed by atoms with Gasteiger partial charge >= 0.3 is 0 Å². The zero-order valence-electron chi connectivity index (χ0n) is 11.6. The fraction of sp³-hybridized carbons (Fsp3) is 0.846. The molecule has 108 valence electrons. The SMILES string of the molecule is CC(CCN1CC(=O)N2CCCCC2C1=O)S(C)=O. The molecule has 0 saturated carbocycles. The lowest BCUT2D eigenvalue weighted by atomic mass is 9.98. The minimum atomic E-state index is -0.876. The molecule has 0 aromatic rings. The third-order valence-electron chi connectivity index (χ3n) is 4.12. The lowest BCUT2D eigenvalue weighted by Crippen LogP contribution is -2.61. The van der Waals surface area contributed by atoms with E-state index in [1.807, 2.05) is 6.92 Å². The number of fused-ring (bicyclic) bond motifs is 1. The third-order valence-corrected chi connectivity index (χ3v) is 5.49. The summed E-state index contributed by atoms with van der Waals surface area (Å²) in [6.07, 6.45) is 5.17. The van der Waals surface area contributed by atoms with E-state index in [9.17, 15) is 13.8 Å². The molecule has 0 aliphatic carbocycles. The monoisotopic (exact) mass is 286 g/mol. The topological polar surface area (TPSA) is 57.7 Å². The molecule has 2 rings (SSSR count). The molecule has 0 radical (unpaired) electrons. The molecule has 2 aliphatic heterocycles. The molecule has 0 aromatic carbocycles. The van der Waals surface area contributed by atoms with Gasteiger partial charge in [-0.05, 0) is 25.7 Å². The second-order valence-corrected chi connectivity index (χ2v) is 7.26. The summed E-state index contributed by atoms with van der Waals surface area (Å²) < 4.78 is 11.3. The molecule has 0 aromatic heterocycles. The van der Waals surface area contributed by atoms with Crippen LogP contribution in [0.2, 0.25) is 0 Å². The summed E-state index contributed by atoms with van der Waals surface area (Å²) in [7, 11) is -0.876. The van der Waals surface area contributed by atoms with E-state index in [1.165, 1.54) is 0 Å². The molecule has 6 heteroatoms. The summed E-state index contributed by atoms with van der Waals surface area (Å²) in [5.74, 6) is 0.142. The molecule has 2 amide bonds. The van der Waals surface area contributed by atoms with Crippen LogP contribution in [-0.2, 0) is 20.4 Å². The van der Waals surface area contributed by atoms with Crippen LogP contribution in [0.4, 0.5) is 0 Å². The summed E-state index contributed by atoms with van der Waals surface area (Å²) in [5.41, 5.74) is 0. The van der Waals surface area contributed by atoms with Crippen LogP contribution >= 0.6 is 0 Å². The van der Waals surface area contributed by atoms with Crippen LogP contribution in [0.25, 0.3) is 0 Å². The first kappa shape index (κ1) is 14.5. The maximum atomic E-state index is 12.3. The van der Waals surface area contributed by atoms with Gasteiger partial charge in [0.05, 0.1) is 6.54 Å². The molecular weight excluding hydrogens is 264 g/mol. The summed E-state index contributed by atoms with van der Waals surface area (Å²) >= 11 is 0. The summed E-state index contributed by atoms with van der Waals surface area (Å²) in [6, 6.07) is -0.238. The Balaban J connectivity index is 1.97. The van der Waals surface area contributed by atoms with Gasteiger partial charge in [0.2, 0.25) is 11.8 Å². The first-order chi connectivity index (χ1) is 9.00. The highest BCUT2D eigenvalue weighted by atomic mass is 32.2. The molecule has 3 atom stereocenters. The van der Waals surface area contributed by atoms with Crippen LogP contribution < -0.4 is 0 Å². The highest BCUT2D eigenvalue weighted by molar-refractivity contribution is 7.84. The van der Waals surface area contributed by atoms with E-state index in [4.69, 9.17) is 0 Å². The maximum Gasteiger partial charge on any atom is 0.245 e. The Hall–Kier alpha value is -0.910. The number of piperidine rings is 1. The van der Waals surface area contributed by atoms with Crippen molar-refractivity contribution in [2.45, 2.75) is 43.9 Å². The Labute approximate surface area is 116 Å². The zero-order chi connectivity index (χ0) is 14.0. The van der Waals surface area contributed by atoms with Crippen molar-refractivity contribution in [3.63, 3.8) is 0 Å². The standard InChI is InChI=1S/C13H22N2O3S/c1-10(19(2)18)6-8-14-9-12(16)15-7-4-3-5-11(15)13(14)17/h10-11H,3-9H2,1-2H3. The highest BCUT2D eigenvalue weighted by Gasteiger charge is 2.40. The van der Waals surface area contributed by atoms with E-state index < -0.39 is 10.8 Å². The molecule has 0 spiro atoms. The van der Waals surface area contributed by atoms with E-state index in [1.54, 1.807) is 16.1 Å². The number of piperazine rings is 1. The third kappa shape index (κ3) is 3.16. The summed E-state index contributed by atoms with van der Waals surface area (Å²) in [4.78, 5) is 27.8. The van der Waals surface area contributed by atoms with Gasteiger partial charge in [0, 0.05) is 35.4 Å². The molecule has 2 heterocycles. The van der Waals surface area contributed by atoms with Gasteiger partial charge < -0.3 is 9.80 Å². The van der Waals surface area contributed by atoms with Gasteiger partial charge in [-0.3, -0.25) is 13.8 Å². The van der Waals surface area contributed by atoms with Gasteiger partial charge in [0.15, 0.2) is 0 Å². The van der Waals surface area contributed by atoms with Gasteiger partial charge in [-0.1, -0.05) is 6.92 Å². The average Bonchev–Trinajstić information content (AvgIpc) is 2.40. The van der Waals surface area contributed by atoms with Crippen molar-refractivity contribution in [1.82, 2.24) is 9.80 Å². The number of amides is 2. The van der Waals surface area contributed by atoms with Gasteiger partial charge in [0.1, 0.15) is 6.04 Å². The fourth-order valence-electron chi connectivity index (χ4n) is 2.72. The van der Waals surface area contributed by atoms with Crippen molar-refractivity contribution < 1.29 is 13.8 Å². The van der Waals surface area contributed by atoms with Crippen LogP contribution in [0.3, 0.4) is 0 Å². The second kappa shape index (κ2) is 6.03. The lowest BCUT2D eigenvalue weighted by molar-refractivity contribution is -0.157. The number of hydrogen-bond donors (Lipinski definition) is 0. The highest BCUT2D eigenvalue weighted by Crippen LogP contribution is 2.23. The van der Waals surface area contributed by atoms with Crippen LogP contribution in [0.1, 0.15) is 32.6 Å². The fourth-order valence-corrected chi connectivity index (χ4v) is 3.16. The van der Waals surface area contributed by atoms with Crippen molar-refractivity contribution in [2.24, 2.45) is 0 Å². The number of rotatable bonds is 4. The van der Waals surface area contributed by atoms with E-state index in [0.717, 1.165) is 25.8 Å². The normalized spacial score (nSPS) is 27.2. The van der Waals surface area contributed by atoms with Crippen molar-refractivity contribution in [1.29, 1.82) is 0 Å². The predicted octanol–water partition coefficient (Wildman–Crippen LogP) is 0.367. The smallest absolute Gasteiger partial charge is 0.245 e. The summed E-state index contributed by atoms with van der Waals surface area (Å²) in [5, 5.41) is 0.0623. The maximum absolute atomic E-state index is 12.3. The Bertz CT molecular complexity index is 399. The van der Waals surface area contributed by atoms with Crippen LogP contribution in [0, 0.1) is 0 Å². The van der Waals surface area contributed by atoms with Crippen LogP contribution in [0.5, 0.6) is 0 Å². The van der Waals surface area contributed by atoms with Gasteiger partial charge in [0.25, 0.3) is 0 Å². The molecule has 5 nitrogen and oxygen atoms in total. The number of carbonyl (C=O) groups is 2. The average molecular weight is 286 g/mol. The minimum Gasteiger partial charge on any atom is -0.332 e. The van der Waals surface area contributed by atoms with E-state index in [0.29, 0.717) is 13.0 Å². The first-order valence-corrected chi connectivity index (χ1v) is 8.53. The van der Waals surface area contributed by atoms with Crippen LogP contribution in [-0.4, -0.2) is 63.0 Å². The van der Waals surface area contributed by atoms with E-state index >= 15 is 0 Å². The van der Waals surface area contributed by atoms with Gasteiger partial charge in [-0.15, -0.1) is 0 Å². The lowest BCUT2D eigenvalue weighted by Gasteiger charge is -2.42. The number of carbonyl (C=O) groups excluding carboxylic acids is 2. The Morgan fingerprint density at radius 1 is 1.37 bits per heavy atom. The zero-order valence-corrected chi connectivity index (χ0v) is 12.4. The Morgan fingerprint density at radius 2 is 2.11 bits per heavy atom. The quantitative estimate of drug-likeness (QED) is 0.750. The molecule has 0 N–H and O–H groups in total. The van der Waals surface area contributed by atoms with E-state index in [2.05, 4.69) is 0 Å². The van der Waals surface area contributed by atoms with Crippen molar-refractivity contribution in [3.05, 3.63) is 0 Å². The number of hydrogen-bond acceptors (Lipinski definition) is 3. The number of nitrogens with zero attached hydrogens (tertiary/aromatic N) is 2. The minimum absolute atomic E-state index is 0.0623. The predicted molar refractivity (Wildman–Crippen MR) is 74.1 cm³/mol. The first-order valence-electron chi connectivity index (χ1n) is 6.91. The largest absolute Gasteiger partial charge is 0.332 e. The van der Waals surface area contributed by atoms with Crippen molar-refractivity contribution in [2.75, 3.05) is 25.9 Å². The van der Waals surface area contributed by atoms with Crippen molar-refractivity contribution in [3.8, 4) is 0 Å². The molecule has 2 aliphatic rings. The van der Waals surface area contributed by atoms with Crippen molar-refractivity contribution >= 4 is 22.6 Å². The molecule has 2 saturated heterocycles. The Morgan fingerprint density at radius 3 is 2.79 bits per heavy atom. The molecule has 19 heavy (non-hydrogen) atoms. The molecule has 2 fully saturated rings. The van der Waals surface area contributed by atoms with Gasteiger partial charge in [-0.2, -0.15) is 0 Å². The van der Waals surface area contributed by atoms with Gasteiger partial charge in [-0.25, -0.2) is 0 Å². The molecule has 3 unspecified atom stereocenters. The molecular formula is C13H22N2O3S. The summed E-state index contributed by atoms with van der Waals surface area (Å²) in [6.45, 7) is 3.37. The molecule has 0 bridgehead atoms. The second-order valence-electron chi connectivity index (χ2n) is 5.46.